The van der Waals surface area contributed by atoms with Gasteiger partial charge < -0.3 is 16.2 Å². The molecule has 1 aromatic rings. The molecule has 0 heterocycles. The minimum Gasteiger partial charge on any atom is -0.459 e. The lowest BCUT2D eigenvalue weighted by atomic mass is 10.2. The number of ether oxygens (including phenoxy) is 1. The van der Waals surface area contributed by atoms with Gasteiger partial charge in [0, 0.05) is 10.6 Å². The van der Waals surface area contributed by atoms with Gasteiger partial charge in [0.2, 0.25) is 5.91 Å². The van der Waals surface area contributed by atoms with E-state index in [1.165, 1.54) is 11.8 Å². The highest BCUT2D eigenvalue weighted by Gasteiger charge is 2.17. The second-order valence-electron chi connectivity index (χ2n) is 4.99. The summed E-state index contributed by atoms with van der Waals surface area (Å²) in [5, 5.41) is 0. The number of carbonyl (C=O) groups excluding carboxylic acids is 2. The molecule has 0 spiro atoms. The van der Waals surface area contributed by atoms with E-state index < -0.39 is 11.5 Å². The van der Waals surface area contributed by atoms with Crippen molar-refractivity contribution in [3.05, 3.63) is 23.8 Å². The molecule has 0 unspecified atom stereocenters. The SMILES string of the molecule is CC(C)(C)OC(=O)CSc1cc(N)ccc1C(N)=O. The number of carbonyl (C=O) groups is 2. The quantitative estimate of drug-likeness (QED) is 0.499. The summed E-state index contributed by atoms with van der Waals surface area (Å²) in [5.74, 6) is -0.803. The third-order valence-electron chi connectivity index (χ3n) is 2.04. The highest BCUT2D eigenvalue weighted by Crippen LogP contribution is 2.25. The van der Waals surface area contributed by atoms with Gasteiger partial charge in [-0.25, -0.2) is 0 Å². The number of hydrogen-bond donors (Lipinski definition) is 2. The van der Waals surface area contributed by atoms with E-state index in [-0.39, 0.29) is 11.7 Å². The van der Waals surface area contributed by atoms with Crippen LogP contribution in [-0.2, 0) is 9.53 Å². The Morgan fingerprint density at radius 3 is 2.47 bits per heavy atom. The van der Waals surface area contributed by atoms with Gasteiger partial charge in [-0.15, -0.1) is 11.8 Å². The molecule has 5 nitrogen and oxygen atoms in total. The van der Waals surface area contributed by atoms with Crippen LogP contribution in [0.4, 0.5) is 5.69 Å². The van der Waals surface area contributed by atoms with Crippen LogP contribution in [0.25, 0.3) is 0 Å². The fraction of sp³-hybridized carbons (Fsp3) is 0.385. The number of nitrogens with two attached hydrogens (primary N) is 2. The maximum absolute atomic E-state index is 11.6. The number of hydrogen-bond acceptors (Lipinski definition) is 5. The van der Waals surface area contributed by atoms with Crippen LogP contribution in [0, 0.1) is 0 Å². The molecule has 1 rings (SSSR count). The van der Waals surface area contributed by atoms with Crippen LogP contribution >= 0.6 is 11.8 Å². The fourth-order valence-electron chi connectivity index (χ4n) is 1.37. The minimum absolute atomic E-state index is 0.0982. The normalized spacial score (nSPS) is 11.1. The molecule has 0 radical (unpaired) electrons. The van der Waals surface area contributed by atoms with E-state index in [0.29, 0.717) is 16.1 Å². The number of nitrogen functional groups attached to an aromatic ring is 1. The monoisotopic (exact) mass is 282 g/mol. The van der Waals surface area contributed by atoms with Gasteiger partial charge in [-0.05, 0) is 39.0 Å². The zero-order valence-electron chi connectivity index (χ0n) is 11.2. The Labute approximate surface area is 116 Å². The molecule has 0 fully saturated rings. The third kappa shape index (κ3) is 5.21. The summed E-state index contributed by atoms with van der Waals surface area (Å²) >= 11 is 1.18. The Morgan fingerprint density at radius 2 is 1.95 bits per heavy atom. The van der Waals surface area contributed by atoms with E-state index in [1.807, 2.05) is 0 Å². The predicted molar refractivity (Wildman–Crippen MR) is 75.9 cm³/mol. The van der Waals surface area contributed by atoms with Crippen molar-refractivity contribution in [2.45, 2.75) is 31.3 Å². The first-order chi connectivity index (χ1) is 8.69. The Morgan fingerprint density at radius 1 is 1.32 bits per heavy atom. The summed E-state index contributed by atoms with van der Waals surface area (Å²) in [6.07, 6.45) is 0. The summed E-state index contributed by atoms with van der Waals surface area (Å²) < 4.78 is 5.18. The molecule has 1 amide bonds. The lowest BCUT2D eigenvalue weighted by Gasteiger charge is -2.19. The van der Waals surface area contributed by atoms with Crippen LogP contribution in [0.2, 0.25) is 0 Å². The molecule has 104 valence electrons. The van der Waals surface area contributed by atoms with Gasteiger partial charge in [-0.2, -0.15) is 0 Å². The van der Waals surface area contributed by atoms with Gasteiger partial charge in [-0.1, -0.05) is 0 Å². The van der Waals surface area contributed by atoms with Crippen molar-refractivity contribution >= 4 is 29.3 Å². The second-order valence-corrected chi connectivity index (χ2v) is 6.01. The van der Waals surface area contributed by atoms with Gasteiger partial charge in [0.25, 0.3) is 0 Å². The Hall–Kier alpha value is -1.69. The predicted octanol–water partition coefficient (Wildman–Crippen LogP) is 1.80. The number of esters is 1. The van der Waals surface area contributed by atoms with Crippen molar-refractivity contribution in [2.24, 2.45) is 5.73 Å². The lowest BCUT2D eigenvalue weighted by molar-refractivity contribution is -0.151. The van der Waals surface area contributed by atoms with Gasteiger partial charge in [0.1, 0.15) is 5.60 Å². The van der Waals surface area contributed by atoms with Crippen molar-refractivity contribution in [1.29, 1.82) is 0 Å². The van der Waals surface area contributed by atoms with E-state index in [9.17, 15) is 9.59 Å². The Balaban J connectivity index is 2.75. The molecule has 0 saturated heterocycles. The second kappa shape index (κ2) is 5.97. The number of rotatable bonds is 4. The maximum atomic E-state index is 11.6. The van der Waals surface area contributed by atoms with E-state index in [2.05, 4.69) is 0 Å². The number of primary amides is 1. The summed E-state index contributed by atoms with van der Waals surface area (Å²) in [4.78, 5) is 23.4. The Bertz CT molecular complexity index is 495. The average molecular weight is 282 g/mol. The summed E-state index contributed by atoms with van der Waals surface area (Å²) in [7, 11) is 0. The van der Waals surface area contributed by atoms with Crippen LogP contribution in [0.5, 0.6) is 0 Å². The first-order valence-corrected chi connectivity index (χ1v) is 6.71. The molecular formula is C13H18N2O3S. The van der Waals surface area contributed by atoms with Gasteiger partial charge >= 0.3 is 5.97 Å². The van der Waals surface area contributed by atoms with Crippen molar-refractivity contribution < 1.29 is 14.3 Å². The molecule has 0 aliphatic heterocycles. The fourth-order valence-corrected chi connectivity index (χ4v) is 2.25. The highest BCUT2D eigenvalue weighted by atomic mass is 32.2. The molecule has 1 aromatic carbocycles. The first kappa shape index (κ1) is 15.4. The number of anilines is 1. The number of thioether (sulfide) groups is 1. The summed E-state index contributed by atoms with van der Waals surface area (Å²) in [6, 6.07) is 4.77. The molecule has 0 bridgehead atoms. The molecule has 0 aromatic heterocycles. The molecular weight excluding hydrogens is 264 g/mol. The maximum Gasteiger partial charge on any atom is 0.316 e. The molecule has 0 saturated carbocycles. The largest absolute Gasteiger partial charge is 0.459 e. The van der Waals surface area contributed by atoms with E-state index in [0.717, 1.165) is 0 Å². The van der Waals surface area contributed by atoms with Gasteiger partial charge in [0.05, 0.1) is 11.3 Å². The first-order valence-electron chi connectivity index (χ1n) is 5.73. The number of benzene rings is 1. The van der Waals surface area contributed by atoms with E-state index in [4.69, 9.17) is 16.2 Å². The third-order valence-corrected chi connectivity index (χ3v) is 3.07. The zero-order valence-corrected chi connectivity index (χ0v) is 12.0. The Kier molecular flexibility index (Phi) is 4.83. The molecule has 6 heteroatoms. The smallest absolute Gasteiger partial charge is 0.316 e. The molecule has 19 heavy (non-hydrogen) atoms. The standard InChI is InChI=1S/C13H18N2O3S/c1-13(2,3)18-11(16)7-19-10-6-8(14)4-5-9(10)12(15)17/h4-6H,7,14H2,1-3H3,(H2,15,17). The zero-order chi connectivity index (χ0) is 14.6. The van der Waals surface area contributed by atoms with Crippen molar-refractivity contribution in [1.82, 2.24) is 0 Å². The summed E-state index contributed by atoms with van der Waals surface area (Å²) in [6.45, 7) is 5.39. The van der Waals surface area contributed by atoms with E-state index in [1.54, 1.807) is 39.0 Å². The van der Waals surface area contributed by atoms with E-state index >= 15 is 0 Å². The highest BCUT2D eigenvalue weighted by molar-refractivity contribution is 8.00. The summed E-state index contributed by atoms with van der Waals surface area (Å²) in [5.41, 5.74) is 11.3. The van der Waals surface area contributed by atoms with Crippen LogP contribution in [-0.4, -0.2) is 23.2 Å². The topological polar surface area (TPSA) is 95.4 Å². The van der Waals surface area contributed by atoms with Crippen molar-refractivity contribution in [2.75, 3.05) is 11.5 Å². The van der Waals surface area contributed by atoms with Crippen molar-refractivity contribution in [3.8, 4) is 0 Å². The van der Waals surface area contributed by atoms with Gasteiger partial charge in [-0.3, -0.25) is 9.59 Å². The van der Waals surface area contributed by atoms with Crippen LogP contribution < -0.4 is 11.5 Å². The average Bonchev–Trinajstić information content (AvgIpc) is 2.23. The molecule has 0 aliphatic carbocycles. The molecule has 0 atom stereocenters. The lowest BCUT2D eigenvalue weighted by Crippen LogP contribution is -2.25. The minimum atomic E-state index is -0.549. The molecule has 4 N–H and O–H groups in total. The van der Waals surface area contributed by atoms with Crippen LogP contribution in [0.3, 0.4) is 0 Å². The van der Waals surface area contributed by atoms with Crippen LogP contribution in [0.15, 0.2) is 23.1 Å². The van der Waals surface area contributed by atoms with Crippen molar-refractivity contribution in [3.63, 3.8) is 0 Å². The molecule has 0 aliphatic rings. The van der Waals surface area contributed by atoms with Crippen LogP contribution in [0.1, 0.15) is 31.1 Å². The van der Waals surface area contributed by atoms with Gasteiger partial charge in [0.15, 0.2) is 0 Å². The number of amides is 1.